The van der Waals surface area contributed by atoms with E-state index in [0.29, 0.717) is 5.92 Å². The standard InChI is InChI=1S/C15H20NO/c1-11-5-6-12-8-14(11)15(17-10-12)13-4-3-7-16(2)9-13/h3-5,7,9,12,14-15H,6,8,10H2,1-2H3/q+1/t12-,14-,15+/m1/s1. The highest BCUT2D eigenvalue weighted by Gasteiger charge is 2.36. The third kappa shape index (κ3) is 2.02. The van der Waals surface area contributed by atoms with E-state index >= 15 is 0 Å². The zero-order chi connectivity index (χ0) is 11.8. The van der Waals surface area contributed by atoms with Gasteiger partial charge >= 0.3 is 0 Å². The Morgan fingerprint density at radius 2 is 2.29 bits per heavy atom. The molecule has 0 N–H and O–H groups in total. The van der Waals surface area contributed by atoms with E-state index in [-0.39, 0.29) is 6.10 Å². The molecule has 2 nitrogen and oxygen atoms in total. The summed E-state index contributed by atoms with van der Waals surface area (Å²) in [6.45, 7) is 3.18. The molecule has 1 fully saturated rings. The van der Waals surface area contributed by atoms with E-state index in [4.69, 9.17) is 4.74 Å². The quantitative estimate of drug-likeness (QED) is 0.534. The maximum absolute atomic E-state index is 6.10. The van der Waals surface area contributed by atoms with E-state index in [1.54, 1.807) is 0 Å². The molecular formula is C15H20NO+. The normalized spacial score (nSPS) is 32.1. The average molecular weight is 230 g/mol. The topological polar surface area (TPSA) is 13.1 Å². The van der Waals surface area contributed by atoms with Crippen molar-refractivity contribution in [2.75, 3.05) is 6.61 Å². The van der Waals surface area contributed by atoms with E-state index < -0.39 is 0 Å². The molecule has 90 valence electrons. The Kier molecular flexibility index (Phi) is 2.75. The first kappa shape index (κ1) is 11.0. The summed E-state index contributed by atoms with van der Waals surface area (Å²) in [4.78, 5) is 0. The number of hydrogen-bond acceptors (Lipinski definition) is 1. The fourth-order valence-electron chi connectivity index (χ4n) is 3.11. The second-order valence-electron chi connectivity index (χ2n) is 5.45. The number of pyridine rings is 1. The fourth-order valence-corrected chi connectivity index (χ4v) is 3.11. The molecule has 0 radical (unpaired) electrons. The van der Waals surface area contributed by atoms with E-state index in [2.05, 4.69) is 49.1 Å². The summed E-state index contributed by atoms with van der Waals surface area (Å²) in [5.41, 5.74) is 2.82. The highest BCUT2D eigenvalue weighted by Crippen LogP contribution is 2.43. The van der Waals surface area contributed by atoms with Gasteiger partial charge in [0.1, 0.15) is 7.05 Å². The lowest BCUT2D eigenvalue weighted by Gasteiger charge is -2.39. The van der Waals surface area contributed by atoms with Gasteiger partial charge in [0.05, 0.1) is 12.7 Å². The first-order valence-electron chi connectivity index (χ1n) is 6.47. The van der Waals surface area contributed by atoms with Crippen molar-refractivity contribution in [2.24, 2.45) is 18.9 Å². The van der Waals surface area contributed by atoms with Crippen LogP contribution in [-0.4, -0.2) is 6.61 Å². The Morgan fingerprint density at radius 1 is 1.41 bits per heavy atom. The number of aromatic nitrogens is 1. The number of hydrogen-bond donors (Lipinski definition) is 0. The predicted octanol–water partition coefficient (Wildman–Crippen LogP) is 2.55. The molecular weight excluding hydrogens is 210 g/mol. The summed E-state index contributed by atoms with van der Waals surface area (Å²) in [5.74, 6) is 1.34. The lowest BCUT2D eigenvalue weighted by atomic mass is 9.75. The van der Waals surface area contributed by atoms with Crippen molar-refractivity contribution in [3.8, 4) is 0 Å². The third-order valence-corrected chi connectivity index (χ3v) is 4.11. The molecule has 3 rings (SSSR count). The highest BCUT2D eigenvalue weighted by atomic mass is 16.5. The molecule has 0 saturated carbocycles. The molecule has 1 aliphatic carbocycles. The molecule has 2 aliphatic rings. The Hall–Kier alpha value is -1.15. The number of fused-ring (bicyclic) bond motifs is 2. The number of allylic oxidation sites excluding steroid dienone is 1. The number of rotatable bonds is 1. The molecule has 0 aromatic carbocycles. The van der Waals surface area contributed by atoms with Gasteiger partial charge in [0, 0.05) is 17.5 Å². The minimum Gasteiger partial charge on any atom is -0.372 e. The maximum atomic E-state index is 6.10. The van der Waals surface area contributed by atoms with Crippen LogP contribution in [0.15, 0.2) is 36.2 Å². The zero-order valence-electron chi connectivity index (χ0n) is 10.6. The molecule has 1 aromatic rings. The van der Waals surface area contributed by atoms with Crippen LogP contribution in [-0.2, 0) is 11.8 Å². The van der Waals surface area contributed by atoms with Gasteiger partial charge in [-0.25, -0.2) is 4.57 Å². The Labute approximate surface area is 103 Å². The molecule has 1 aliphatic heterocycles. The monoisotopic (exact) mass is 230 g/mol. The molecule has 0 spiro atoms. The Morgan fingerprint density at radius 3 is 3.12 bits per heavy atom. The Bertz CT molecular complexity index is 452. The summed E-state index contributed by atoms with van der Waals surface area (Å²) in [7, 11) is 2.07. The first-order valence-corrected chi connectivity index (χ1v) is 6.47. The van der Waals surface area contributed by atoms with Crippen molar-refractivity contribution in [1.82, 2.24) is 0 Å². The number of nitrogens with zero attached hydrogens (tertiary/aromatic N) is 1. The SMILES string of the molecule is CC1=CC[C@H]2CO[C@@H](c3ccc[n+](C)c3)[C@@H]1C2. The molecule has 2 bridgehead atoms. The molecule has 1 aromatic heterocycles. The van der Waals surface area contributed by atoms with Gasteiger partial charge in [-0.3, -0.25) is 0 Å². The summed E-state index contributed by atoms with van der Waals surface area (Å²) in [5, 5.41) is 0. The van der Waals surface area contributed by atoms with Crippen LogP contribution in [0.1, 0.15) is 31.4 Å². The van der Waals surface area contributed by atoms with Gasteiger partial charge in [-0.1, -0.05) is 11.6 Å². The predicted molar refractivity (Wildman–Crippen MR) is 66.3 cm³/mol. The highest BCUT2D eigenvalue weighted by molar-refractivity contribution is 5.20. The van der Waals surface area contributed by atoms with Crippen LogP contribution in [0.25, 0.3) is 0 Å². The molecule has 1 saturated heterocycles. The molecule has 17 heavy (non-hydrogen) atoms. The molecule has 2 heterocycles. The van der Waals surface area contributed by atoms with Crippen LogP contribution in [0.2, 0.25) is 0 Å². The molecule has 0 amide bonds. The van der Waals surface area contributed by atoms with Crippen molar-refractivity contribution in [2.45, 2.75) is 25.9 Å². The summed E-state index contributed by atoms with van der Waals surface area (Å²) < 4.78 is 8.21. The van der Waals surface area contributed by atoms with Gasteiger partial charge in [0.25, 0.3) is 0 Å². The van der Waals surface area contributed by atoms with Crippen molar-refractivity contribution < 1.29 is 9.30 Å². The van der Waals surface area contributed by atoms with Gasteiger partial charge < -0.3 is 4.74 Å². The second kappa shape index (κ2) is 4.26. The summed E-state index contributed by atoms with van der Waals surface area (Å²) in [6, 6.07) is 4.29. The van der Waals surface area contributed by atoms with Crippen LogP contribution in [0.3, 0.4) is 0 Å². The van der Waals surface area contributed by atoms with E-state index in [0.717, 1.165) is 12.5 Å². The smallest absolute Gasteiger partial charge is 0.174 e. The van der Waals surface area contributed by atoms with Crippen molar-refractivity contribution in [1.29, 1.82) is 0 Å². The third-order valence-electron chi connectivity index (χ3n) is 4.11. The van der Waals surface area contributed by atoms with E-state index in [1.165, 1.54) is 24.0 Å². The van der Waals surface area contributed by atoms with Gasteiger partial charge in [0.15, 0.2) is 12.4 Å². The minimum atomic E-state index is 0.259. The van der Waals surface area contributed by atoms with Gasteiger partial charge in [-0.15, -0.1) is 0 Å². The first-order chi connectivity index (χ1) is 8.24. The van der Waals surface area contributed by atoms with Gasteiger partial charge in [-0.2, -0.15) is 0 Å². The minimum absolute atomic E-state index is 0.259. The van der Waals surface area contributed by atoms with Crippen molar-refractivity contribution in [3.63, 3.8) is 0 Å². The fraction of sp³-hybridized carbons (Fsp3) is 0.533. The van der Waals surface area contributed by atoms with Crippen molar-refractivity contribution in [3.05, 3.63) is 41.7 Å². The Balaban J connectivity index is 1.93. The maximum Gasteiger partial charge on any atom is 0.174 e. The van der Waals surface area contributed by atoms with Crippen LogP contribution >= 0.6 is 0 Å². The molecule has 3 atom stereocenters. The van der Waals surface area contributed by atoms with Crippen LogP contribution < -0.4 is 4.57 Å². The van der Waals surface area contributed by atoms with E-state index in [9.17, 15) is 0 Å². The summed E-state index contributed by atoms with van der Waals surface area (Å²) in [6.07, 6.45) is 9.43. The lowest BCUT2D eigenvalue weighted by molar-refractivity contribution is -0.672. The second-order valence-corrected chi connectivity index (χ2v) is 5.45. The van der Waals surface area contributed by atoms with Gasteiger partial charge in [0.2, 0.25) is 0 Å². The lowest BCUT2D eigenvalue weighted by Crippen LogP contribution is -2.34. The van der Waals surface area contributed by atoms with Crippen LogP contribution in [0, 0.1) is 11.8 Å². The number of ether oxygens (including phenoxy) is 1. The van der Waals surface area contributed by atoms with E-state index in [1.807, 2.05) is 0 Å². The van der Waals surface area contributed by atoms with Crippen LogP contribution in [0.4, 0.5) is 0 Å². The van der Waals surface area contributed by atoms with Gasteiger partial charge in [-0.05, 0) is 31.7 Å². The van der Waals surface area contributed by atoms with Crippen molar-refractivity contribution >= 4 is 0 Å². The summed E-state index contributed by atoms with van der Waals surface area (Å²) >= 11 is 0. The largest absolute Gasteiger partial charge is 0.372 e. The molecule has 2 heteroatoms. The average Bonchev–Trinajstić information content (AvgIpc) is 2.34. The zero-order valence-corrected chi connectivity index (χ0v) is 10.6. The number of aryl methyl sites for hydroxylation is 1. The molecule has 0 unspecified atom stereocenters. The van der Waals surface area contributed by atoms with Crippen LogP contribution in [0.5, 0.6) is 0 Å².